The van der Waals surface area contributed by atoms with Crippen LogP contribution in [0.25, 0.3) is 44.6 Å². The number of H-pyrrole nitrogens is 2. The van der Waals surface area contributed by atoms with Crippen LogP contribution in [0.5, 0.6) is 5.75 Å². The monoisotopic (exact) mass is 508 g/mol. The number of hydrogen-bond acceptors (Lipinski definition) is 7. The van der Waals surface area contributed by atoms with E-state index in [1.165, 1.54) is 19.3 Å². The van der Waals surface area contributed by atoms with Gasteiger partial charge in [-0.05, 0) is 57.0 Å². The van der Waals surface area contributed by atoms with E-state index in [1.807, 2.05) is 36.8 Å². The zero-order valence-electron chi connectivity index (χ0n) is 21.7. The number of piperazine rings is 1. The molecule has 38 heavy (non-hydrogen) atoms. The molecule has 6 heterocycles. The summed E-state index contributed by atoms with van der Waals surface area (Å²) in [5.74, 6) is 0.809. The van der Waals surface area contributed by atoms with E-state index in [2.05, 4.69) is 48.1 Å². The molecule has 0 radical (unpaired) electrons. The second kappa shape index (κ2) is 9.72. The Bertz CT molecular complexity index is 1580. The van der Waals surface area contributed by atoms with Crippen LogP contribution >= 0.6 is 0 Å². The van der Waals surface area contributed by atoms with Gasteiger partial charge in [0.15, 0.2) is 0 Å². The van der Waals surface area contributed by atoms with Gasteiger partial charge in [-0.15, -0.1) is 0 Å². The summed E-state index contributed by atoms with van der Waals surface area (Å²) in [5, 5.41) is 8.95. The highest BCUT2D eigenvalue weighted by molar-refractivity contribution is 5.98. The van der Waals surface area contributed by atoms with Crippen molar-refractivity contribution in [2.24, 2.45) is 0 Å². The maximum absolute atomic E-state index is 6.26. The molecule has 1 aliphatic heterocycles. The molecular weight excluding hydrogens is 476 g/mol. The van der Waals surface area contributed by atoms with Gasteiger partial charge in [-0.2, -0.15) is 5.10 Å². The van der Waals surface area contributed by atoms with Crippen LogP contribution in [-0.4, -0.2) is 74.4 Å². The van der Waals surface area contributed by atoms with E-state index in [4.69, 9.17) is 9.72 Å². The van der Waals surface area contributed by atoms with Gasteiger partial charge in [-0.3, -0.25) is 15.1 Å². The number of likely N-dealkylation sites (N-methyl/N-ethyl adjacent to an activating group) is 1. The van der Waals surface area contributed by atoms with E-state index < -0.39 is 0 Å². The number of aromatic nitrogens is 6. The van der Waals surface area contributed by atoms with E-state index in [9.17, 15) is 0 Å². The zero-order valence-corrected chi connectivity index (χ0v) is 21.7. The standard InChI is InChI=1S/C29H32N8O/c1-36-9-11-37(12-10-36)27-18-31-17-26-22(27)14-25(32-26)29-28-24(34-35-29)8-7-23(33-28)19-13-21(16-30-15-19)38-20-5-3-2-4-6-20/h7-8,13-18,20,32H,2-6,9-12H2,1H3,(H,34,35). The summed E-state index contributed by atoms with van der Waals surface area (Å²) < 4.78 is 6.26. The Morgan fingerprint density at radius 3 is 2.61 bits per heavy atom. The van der Waals surface area contributed by atoms with Crippen molar-refractivity contribution in [3.05, 3.63) is 49.1 Å². The fourth-order valence-corrected chi connectivity index (χ4v) is 5.71. The third-order valence-electron chi connectivity index (χ3n) is 7.90. The Labute approximate surface area is 221 Å². The van der Waals surface area contributed by atoms with E-state index in [0.29, 0.717) is 0 Å². The van der Waals surface area contributed by atoms with Crippen molar-refractivity contribution in [2.75, 3.05) is 38.1 Å². The quantitative estimate of drug-likeness (QED) is 0.344. The molecule has 0 aromatic carbocycles. The van der Waals surface area contributed by atoms with E-state index in [0.717, 1.165) is 95.0 Å². The van der Waals surface area contributed by atoms with Crippen molar-refractivity contribution in [3.8, 4) is 28.4 Å². The van der Waals surface area contributed by atoms with Gasteiger partial charge in [0.2, 0.25) is 0 Å². The highest BCUT2D eigenvalue weighted by Gasteiger charge is 2.20. The zero-order chi connectivity index (χ0) is 25.5. The number of nitrogens with zero attached hydrogens (tertiary/aromatic N) is 6. The van der Waals surface area contributed by atoms with Crippen molar-refractivity contribution < 1.29 is 4.74 Å². The van der Waals surface area contributed by atoms with Crippen molar-refractivity contribution in [1.29, 1.82) is 0 Å². The number of nitrogens with one attached hydrogen (secondary N) is 2. The lowest BCUT2D eigenvalue weighted by molar-refractivity contribution is 0.154. The molecule has 2 N–H and O–H groups in total. The van der Waals surface area contributed by atoms with Crippen LogP contribution in [0.2, 0.25) is 0 Å². The van der Waals surface area contributed by atoms with E-state index >= 15 is 0 Å². The van der Waals surface area contributed by atoms with E-state index in [1.54, 1.807) is 6.20 Å². The Morgan fingerprint density at radius 1 is 0.895 bits per heavy atom. The Kier molecular flexibility index (Phi) is 5.92. The normalized spacial score (nSPS) is 17.4. The molecule has 0 amide bonds. The van der Waals surface area contributed by atoms with Gasteiger partial charge in [0.1, 0.15) is 17.0 Å². The molecule has 9 nitrogen and oxygen atoms in total. The SMILES string of the molecule is CN1CCN(c2cncc3[nH]c(-c4n[nH]c5ccc(-c6cncc(OC7CCCCC7)c6)nc45)cc23)CC1. The number of ether oxygens (including phenoxy) is 1. The average Bonchev–Trinajstić information content (AvgIpc) is 3.58. The fraction of sp³-hybridized carbons (Fsp3) is 0.379. The minimum Gasteiger partial charge on any atom is -0.489 e. The van der Waals surface area contributed by atoms with Crippen LogP contribution < -0.4 is 9.64 Å². The van der Waals surface area contributed by atoms with Gasteiger partial charge in [0, 0.05) is 43.3 Å². The first kappa shape index (κ1) is 23.2. The Balaban J connectivity index is 1.22. The summed E-state index contributed by atoms with van der Waals surface area (Å²) in [5.41, 5.74) is 7.37. The van der Waals surface area contributed by atoms with Crippen molar-refractivity contribution in [1.82, 2.24) is 35.0 Å². The second-order valence-electron chi connectivity index (χ2n) is 10.5. The summed E-state index contributed by atoms with van der Waals surface area (Å²) in [7, 11) is 2.17. The first-order chi connectivity index (χ1) is 18.7. The first-order valence-electron chi connectivity index (χ1n) is 13.6. The molecule has 0 bridgehead atoms. The number of hydrogen-bond donors (Lipinski definition) is 2. The lowest BCUT2D eigenvalue weighted by atomic mass is 9.98. The molecule has 0 unspecified atom stereocenters. The van der Waals surface area contributed by atoms with Gasteiger partial charge in [-0.1, -0.05) is 6.42 Å². The molecule has 0 atom stereocenters. The molecule has 9 heteroatoms. The van der Waals surface area contributed by atoms with Crippen molar-refractivity contribution >= 4 is 27.6 Å². The topological polar surface area (TPSA) is 98.8 Å². The number of aromatic amines is 2. The summed E-state index contributed by atoms with van der Waals surface area (Å²) >= 11 is 0. The first-order valence-corrected chi connectivity index (χ1v) is 13.6. The fourth-order valence-electron chi connectivity index (χ4n) is 5.71. The predicted octanol–water partition coefficient (Wildman–Crippen LogP) is 5.03. The molecule has 5 aromatic heterocycles. The molecule has 1 saturated carbocycles. The lowest BCUT2D eigenvalue weighted by Gasteiger charge is -2.34. The molecule has 7 rings (SSSR count). The summed E-state index contributed by atoms with van der Waals surface area (Å²) in [6.07, 6.45) is 13.8. The minimum atomic E-state index is 0.281. The largest absolute Gasteiger partial charge is 0.489 e. The third-order valence-corrected chi connectivity index (χ3v) is 7.90. The second-order valence-corrected chi connectivity index (χ2v) is 10.5. The van der Waals surface area contributed by atoms with Gasteiger partial charge in [-0.25, -0.2) is 4.98 Å². The molecule has 194 valence electrons. The molecule has 1 saturated heterocycles. The lowest BCUT2D eigenvalue weighted by Crippen LogP contribution is -2.44. The average molecular weight is 509 g/mol. The summed E-state index contributed by atoms with van der Waals surface area (Å²) in [6.45, 7) is 4.08. The number of rotatable bonds is 5. The highest BCUT2D eigenvalue weighted by Crippen LogP contribution is 2.34. The Morgan fingerprint density at radius 2 is 1.74 bits per heavy atom. The summed E-state index contributed by atoms with van der Waals surface area (Å²) in [4.78, 5) is 22.3. The molecule has 5 aromatic rings. The van der Waals surface area contributed by atoms with Crippen molar-refractivity contribution in [2.45, 2.75) is 38.2 Å². The van der Waals surface area contributed by atoms with Crippen LogP contribution in [0.1, 0.15) is 32.1 Å². The maximum atomic E-state index is 6.26. The Hall–Kier alpha value is -3.98. The number of anilines is 1. The molecular formula is C29H32N8O. The third kappa shape index (κ3) is 4.36. The minimum absolute atomic E-state index is 0.281. The molecule has 0 spiro atoms. The maximum Gasteiger partial charge on any atom is 0.138 e. The molecule has 2 aliphatic rings. The number of pyridine rings is 3. The smallest absolute Gasteiger partial charge is 0.138 e. The van der Waals surface area contributed by atoms with Crippen LogP contribution in [0, 0.1) is 0 Å². The van der Waals surface area contributed by atoms with Gasteiger partial charge < -0.3 is 19.5 Å². The summed E-state index contributed by atoms with van der Waals surface area (Å²) in [6, 6.07) is 8.26. The van der Waals surface area contributed by atoms with Crippen LogP contribution in [0.15, 0.2) is 49.1 Å². The predicted molar refractivity (Wildman–Crippen MR) is 149 cm³/mol. The van der Waals surface area contributed by atoms with Crippen molar-refractivity contribution in [3.63, 3.8) is 0 Å². The van der Waals surface area contributed by atoms with Gasteiger partial charge in [0.25, 0.3) is 0 Å². The van der Waals surface area contributed by atoms with Gasteiger partial charge >= 0.3 is 0 Å². The molecule has 1 aliphatic carbocycles. The number of fused-ring (bicyclic) bond motifs is 2. The van der Waals surface area contributed by atoms with E-state index in [-0.39, 0.29) is 6.10 Å². The highest BCUT2D eigenvalue weighted by atomic mass is 16.5. The van der Waals surface area contributed by atoms with Crippen LogP contribution in [0.3, 0.4) is 0 Å². The van der Waals surface area contributed by atoms with Crippen LogP contribution in [-0.2, 0) is 0 Å². The van der Waals surface area contributed by atoms with Crippen LogP contribution in [0.4, 0.5) is 5.69 Å². The molecule has 2 fully saturated rings. The van der Waals surface area contributed by atoms with Gasteiger partial charge in [0.05, 0.1) is 52.8 Å².